The zero-order chi connectivity index (χ0) is 24.2. The number of rotatable bonds is 2. The monoisotopic (exact) mass is 477 g/mol. The lowest BCUT2D eigenvalue weighted by molar-refractivity contribution is -0.125. The number of likely N-dealkylation sites (tertiary alicyclic amines) is 1. The predicted molar refractivity (Wildman–Crippen MR) is 131 cm³/mol. The largest absolute Gasteiger partial charge is 0.381 e. The Morgan fingerprint density at radius 3 is 2.63 bits per heavy atom. The van der Waals surface area contributed by atoms with E-state index in [1.165, 1.54) is 0 Å². The topological polar surface area (TPSA) is 109 Å². The van der Waals surface area contributed by atoms with Gasteiger partial charge in [-0.25, -0.2) is 4.98 Å². The first-order valence-electron chi connectivity index (χ1n) is 12.7. The fourth-order valence-electron chi connectivity index (χ4n) is 6.11. The summed E-state index contributed by atoms with van der Waals surface area (Å²) in [6.45, 7) is 4.56. The van der Waals surface area contributed by atoms with Crippen LogP contribution in [-0.4, -0.2) is 62.9 Å². The molecule has 2 amide bonds. The van der Waals surface area contributed by atoms with Gasteiger partial charge in [0, 0.05) is 49.7 Å². The Balaban J connectivity index is 1.33. The van der Waals surface area contributed by atoms with E-state index in [4.69, 9.17) is 4.74 Å². The summed E-state index contributed by atoms with van der Waals surface area (Å²) in [6.07, 6.45) is 7.43. The summed E-state index contributed by atoms with van der Waals surface area (Å²) < 4.78 is 7.47. The number of amides is 2. The summed E-state index contributed by atoms with van der Waals surface area (Å²) in [5.41, 5.74) is 3.11. The van der Waals surface area contributed by atoms with E-state index in [1.54, 1.807) is 6.20 Å². The van der Waals surface area contributed by atoms with Crippen LogP contribution >= 0.6 is 0 Å². The summed E-state index contributed by atoms with van der Waals surface area (Å²) in [6, 6.07) is 3.80. The van der Waals surface area contributed by atoms with Crippen LogP contribution in [0.15, 0.2) is 23.1 Å². The van der Waals surface area contributed by atoms with Gasteiger partial charge in [-0.05, 0) is 63.1 Å². The Morgan fingerprint density at radius 2 is 1.89 bits per heavy atom. The van der Waals surface area contributed by atoms with Crippen LogP contribution in [-0.2, 0) is 9.53 Å². The van der Waals surface area contributed by atoms with Crippen molar-refractivity contribution in [2.75, 3.05) is 26.3 Å². The number of aromatic amines is 1. The number of nitrogens with one attached hydrogen (secondary N) is 2. The normalized spacial score (nSPS) is 21.1. The second-order valence-corrected chi connectivity index (χ2v) is 10.3. The van der Waals surface area contributed by atoms with Crippen molar-refractivity contribution >= 4 is 28.4 Å². The van der Waals surface area contributed by atoms with Gasteiger partial charge in [-0.1, -0.05) is 0 Å². The third-order valence-corrected chi connectivity index (χ3v) is 8.14. The zero-order valence-corrected chi connectivity index (χ0v) is 20.1. The van der Waals surface area contributed by atoms with E-state index in [0.29, 0.717) is 49.3 Å². The molecule has 2 N–H and O–H groups in total. The van der Waals surface area contributed by atoms with E-state index in [0.717, 1.165) is 55.4 Å². The maximum atomic E-state index is 13.5. The maximum absolute atomic E-state index is 13.5. The standard InChI is InChI=1S/C26H31N5O4/c1-16-13-20-19(28-24(33)21-15-27-23(31(20)21)17-4-11-35-12-5-17)14-18(16)25(34)30-9-7-26(8-10-30)6-2-3-22(32)29-26/h13-15,17H,2-12H2,1H3,(H,28,33)(H,29,32). The predicted octanol–water partition coefficient (Wildman–Crippen LogP) is 2.65. The van der Waals surface area contributed by atoms with E-state index in [-0.39, 0.29) is 28.8 Å². The van der Waals surface area contributed by atoms with Crippen molar-refractivity contribution in [2.45, 2.75) is 63.3 Å². The Labute approximate surface area is 202 Å². The molecule has 1 spiro atoms. The number of imidazole rings is 1. The first-order valence-corrected chi connectivity index (χ1v) is 12.7. The van der Waals surface area contributed by atoms with Gasteiger partial charge < -0.3 is 19.9 Å². The number of hydrogen-bond acceptors (Lipinski definition) is 5. The maximum Gasteiger partial charge on any atom is 0.274 e. The highest BCUT2D eigenvalue weighted by Gasteiger charge is 2.39. The lowest BCUT2D eigenvalue weighted by atomic mass is 9.80. The zero-order valence-electron chi connectivity index (χ0n) is 20.1. The summed E-state index contributed by atoms with van der Waals surface area (Å²) in [7, 11) is 0. The van der Waals surface area contributed by atoms with E-state index in [1.807, 2.05) is 28.4 Å². The minimum Gasteiger partial charge on any atom is -0.381 e. The minimum absolute atomic E-state index is 0.0300. The van der Waals surface area contributed by atoms with Gasteiger partial charge in [-0.2, -0.15) is 0 Å². The first kappa shape index (κ1) is 22.3. The number of hydrogen-bond donors (Lipinski definition) is 2. The highest BCUT2D eigenvalue weighted by molar-refractivity contribution is 5.99. The van der Waals surface area contributed by atoms with Gasteiger partial charge in [0.1, 0.15) is 11.3 Å². The van der Waals surface area contributed by atoms with Crippen LogP contribution in [0.2, 0.25) is 0 Å². The Kier molecular flexibility index (Phi) is 5.40. The molecule has 0 saturated carbocycles. The SMILES string of the molecule is Cc1cc2c(cc1C(=O)N1CCC3(CCCC(=O)N3)CC1)[nH]c(=O)c1cnc(C3CCOCC3)n12. The quantitative estimate of drug-likeness (QED) is 0.590. The average molecular weight is 478 g/mol. The molecule has 0 atom stereocenters. The third kappa shape index (κ3) is 3.82. The molecule has 6 rings (SSSR count). The molecule has 9 nitrogen and oxygen atoms in total. The lowest BCUT2D eigenvalue weighted by Gasteiger charge is -2.44. The first-order chi connectivity index (χ1) is 16.9. The molecular formula is C26H31N5O4. The van der Waals surface area contributed by atoms with Gasteiger partial charge in [-0.15, -0.1) is 0 Å². The number of aryl methyl sites for hydroxylation is 1. The molecule has 9 heteroatoms. The molecule has 3 fully saturated rings. The van der Waals surface area contributed by atoms with E-state index >= 15 is 0 Å². The highest BCUT2D eigenvalue weighted by atomic mass is 16.5. The fraction of sp³-hybridized carbons (Fsp3) is 0.538. The van der Waals surface area contributed by atoms with Crippen LogP contribution in [0.1, 0.15) is 72.6 Å². The average Bonchev–Trinajstić information content (AvgIpc) is 3.31. The van der Waals surface area contributed by atoms with Gasteiger partial charge in [0.05, 0.1) is 17.2 Å². The molecule has 2 aromatic heterocycles. The molecule has 184 valence electrons. The molecule has 0 aliphatic carbocycles. The lowest BCUT2D eigenvalue weighted by Crippen LogP contribution is -2.58. The van der Waals surface area contributed by atoms with Gasteiger partial charge >= 0.3 is 0 Å². The Bertz CT molecular complexity index is 1380. The second kappa shape index (κ2) is 8.48. The molecule has 0 unspecified atom stereocenters. The van der Waals surface area contributed by atoms with Crippen LogP contribution in [0, 0.1) is 6.92 Å². The van der Waals surface area contributed by atoms with Gasteiger partial charge in [0.25, 0.3) is 11.5 Å². The number of aromatic nitrogens is 3. The number of ether oxygens (including phenoxy) is 1. The molecule has 35 heavy (non-hydrogen) atoms. The van der Waals surface area contributed by atoms with Gasteiger partial charge in [-0.3, -0.25) is 18.8 Å². The molecule has 3 aliphatic rings. The molecule has 1 aromatic carbocycles. The van der Waals surface area contributed by atoms with Crippen LogP contribution in [0.4, 0.5) is 0 Å². The van der Waals surface area contributed by atoms with Gasteiger partial charge in [0.2, 0.25) is 5.91 Å². The molecule has 5 heterocycles. The van der Waals surface area contributed by atoms with Gasteiger partial charge in [0.15, 0.2) is 0 Å². The molecular weight excluding hydrogens is 446 g/mol. The molecule has 0 radical (unpaired) electrons. The number of carbonyl (C=O) groups is 2. The number of carbonyl (C=O) groups excluding carboxylic acids is 2. The molecule has 3 aliphatic heterocycles. The van der Waals surface area contributed by atoms with Crippen LogP contribution in [0.25, 0.3) is 16.6 Å². The van der Waals surface area contributed by atoms with E-state index in [9.17, 15) is 14.4 Å². The Morgan fingerprint density at radius 1 is 1.11 bits per heavy atom. The van der Waals surface area contributed by atoms with Crippen molar-refractivity contribution < 1.29 is 14.3 Å². The van der Waals surface area contributed by atoms with Crippen molar-refractivity contribution in [3.63, 3.8) is 0 Å². The fourth-order valence-corrected chi connectivity index (χ4v) is 6.11. The second-order valence-electron chi connectivity index (χ2n) is 10.3. The number of nitrogens with zero attached hydrogens (tertiary/aromatic N) is 3. The minimum atomic E-state index is -0.210. The molecule has 3 saturated heterocycles. The van der Waals surface area contributed by atoms with Crippen LogP contribution in [0.3, 0.4) is 0 Å². The van der Waals surface area contributed by atoms with Crippen molar-refractivity contribution in [3.05, 3.63) is 45.6 Å². The van der Waals surface area contributed by atoms with Crippen molar-refractivity contribution in [2.24, 2.45) is 0 Å². The number of benzene rings is 1. The summed E-state index contributed by atoms with van der Waals surface area (Å²) >= 11 is 0. The number of piperidine rings is 2. The van der Waals surface area contributed by atoms with Crippen molar-refractivity contribution in [1.29, 1.82) is 0 Å². The third-order valence-electron chi connectivity index (χ3n) is 8.14. The summed E-state index contributed by atoms with van der Waals surface area (Å²) in [5.74, 6) is 1.21. The number of H-pyrrole nitrogens is 1. The molecule has 3 aromatic rings. The summed E-state index contributed by atoms with van der Waals surface area (Å²) in [4.78, 5) is 47.8. The smallest absolute Gasteiger partial charge is 0.274 e. The number of fused-ring (bicyclic) bond motifs is 3. The van der Waals surface area contributed by atoms with E-state index in [2.05, 4.69) is 15.3 Å². The summed E-state index contributed by atoms with van der Waals surface area (Å²) in [5, 5.41) is 3.19. The van der Waals surface area contributed by atoms with Crippen LogP contribution < -0.4 is 10.9 Å². The van der Waals surface area contributed by atoms with Crippen molar-refractivity contribution in [3.8, 4) is 0 Å². The van der Waals surface area contributed by atoms with E-state index < -0.39 is 0 Å². The Hall–Kier alpha value is -3.20. The van der Waals surface area contributed by atoms with Crippen molar-refractivity contribution in [1.82, 2.24) is 24.6 Å². The highest BCUT2D eigenvalue weighted by Crippen LogP contribution is 2.32. The molecule has 0 bridgehead atoms. The van der Waals surface area contributed by atoms with Crippen LogP contribution in [0.5, 0.6) is 0 Å².